The van der Waals surface area contributed by atoms with Crippen LogP contribution in [0.25, 0.3) is 0 Å². The zero-order valence-electron chi connectivity index (χ0n) is 13.1. The minimum atomic E-state index is -0.182. The molecule has 0 aliphatic carbocycles. The molecule has 20 heavy (non-hydrogen) atoms. The van der Waals surface area contributed by atoms with E-state index in [1.807, 2.05) is 6.92 Å². The Labute approximate surface area is 149 Å². The first-order chi connectivity index (χ1) is 8.97. The van der Waals surface area contributed by atoms with Gasteiger partial charge in [-0.25, -0.2) is 0 Å². The van der Waals surface area contributed by atoms with Crippen LogP contribution >= 0.6 is 36.8 Å². The maximum Gasteiger partial charge on any atom is 1.00 e. The molecule has 0 spiro atoms. The second kappa shape index (κ2) is 9.33. The number of halogens is 2. The molecule has 0 aliphatic rings. The van der Waals surface area contributed by atoms with E-state index in [9.17, 15) is 4.79 Å². The number of ketones is 1. The normalized spacial score (nSPS) is 11.5. The first-order valence-electron chi connectivity index (χ1n) is 5.87. The third-order valence-electron chi connectivity index (χ3n) is 2.73. The zero-order chi connectivity index (χ0) is 14.6. The summed E-state index contributed by atoms with van der Waals surface area (Å²) in [5, 5.41) is 0.382. The van der Waals surface area contributed by atoms with Gasteiger partial charge in [0.25, 0.3) is 0 Å². The van der Waals surface area contributed by atoms with Crippen molar-refractivity contribution in [2.75, 3.05) is 14.2 Å². The van der Waals surface area contributed by atoms with E-state index in [-0.39, 0.29) is 31.7 Å². The summed E-state index contributed by atoms with van der Waals surface area (Å²) in [4.78, 5) is 12.5. The minimum Gasteiger partial charge on any atom is -1.00 e. The van der Waals surface area contributed by atoms with E-state index in [1.54, 1.807) is 6.07 Å². The van der Waals surface area contributed by atoms with Crippen LogP contribution in [0.15, 0.2) is 10.5 Å². The Morgan fingerprint density at radius 1 is 1.45 bits per heavy atom. The van der Waals surface area contributed by atoms with Gasteiger partial charge in [0.15, 0.2) is 11.5 Å². The van der Waals surface area contributed by atoms with Crippen molar-refractivity contribution < 1.29 is 34.6 Å². The third-order valence-corrected chi connectivity index (χ3v) is 4.24. The summed E-state index contributed by atoms with van der Waals surface area (Å²) < 4.78 is 11.2. The number of hydrogen-bond donors (Lipinski definition) is 0. The first kappa shape index (κ1) is 20.3. The first-order valence-corrected chi connectivity index (χ1v) is 7.71. The van der Waals surface area contributed by atoms with E-state index >= 15 is 0 Å². The molecule has 0 saturated carbocycles. The van der Waals surface area contributed by atoms with Crippen molar-refractivity contribution >= 4 is 42.6 Å². The van der Waals surface area contributed by atoms with Crippen molar-refractivity contribution in [3.63, 3.8) is 0 Å². The smallest absolute Gasteiger partial charge is 1.00 e. The fourth-order valence-corrected chi connectivity index (χ4v) is 3.34. The molecule has 0 heterocycles. The molecule has 2 atom stereocenters. The molecule has 1 rings (SSSR count). The van der Waals surface area contributed by atoms with E-state index in [0.717, 1.165) is 12.8 Å². The zero-order valence-corrected chi connectivity index (χ0v) is 15.6. The molecule has 1 aromatic rings. The molecule has 0 aromatic heterocycles. The Balaban J connectivity index is 0. The van der Waals surface area contributed by atoms with Gasteiger partial charge in [-0.2, -0.15) is 0 Å². The number of benzene rings is 1. The maximum absolute atomic E-state index is 12.5. The van der Waals surface area contributed by atoms with Crippen molar-refractivity contribution in [1.82, 2.24) is 0 Å². The molecule has 3 nitrogen and oxygen atoms in total. The van der Waals surface area contributed by atoms with Crippen LogP contribution in [0.4, 0.5) is 0 Å². The van der Waals surface area contributed by atoms with Crippen LogP contribution in [-0.2, 0) is 0 Å². The number of carbonyl (C=O) groups is 1. The molecule has 108 valence electrons. The van der Waals surface area contributed by atoms with Crippen molar-refractivity contribution in [2.24, 2.45) is 0 Å². The number of hydrogen-bond acceptors (Lipinski definition) is 3. The maximum atomic E-state index is 12.5. The predicted octanol–water partition coefficient (Wildman–Crippen LogP) is 1.46. The Kier molecular flexibility index (Phi) is 9.47. The number of ether oxygens (including phenoxy) is 2. The van der Waals surface area contributed by atoms with Crippen molar-refractivity contribution in [3.8, 4) is 11.5 Å². The molecule has 0 aliphatic heterocycles. The molecule has 0 saturated heterocycles. The monoisotopic (exact) mass is 374 g/mol. The van der Waals surface area contributed by atoms with Gasteiger partial charge in [-0.05, 0) is 28.4 Å². The van der Waals surface area contributed by atoms with Gasteiger partial charge in [0.05, 0.1) is 23.7 Å². The third kappa shape index (κ3) is 4.39. The number of Topliss-reactive ketones (excluding diaryl/α,β-unsaturated/α-hetero) is 1. The fourth-order valence-electron chi connectivity index (χ4n) is 1.83. The van der Waals surface area contributed by atoms with Crippen LogP contribution in [0.5, 0.6) is 11.5 Å². The van der Waals surface area contributed by atoms with Crippen LogP contribution in [0.2, 0.25) is 5.02 Å². The van der Waals surface area contributed by atoms with Crippen LogP contribution in [-0.4, -0.2) is 25.7 Å². The van der Waals surface area contributed by atoms with Crippen LogP contribution in [0, 0.1) is 0 Å². The summed E-state index contributed by atoms with van der Waals surface area (Å²) in [7, 11) is 5.57. The number of carbonyl (C=O) groups excluding carboxylic acids is 1. The average molecular weight is 376 g/mol. The summed E-state index contributed by atoms with van der Waals surface area (Å²) in [5.74, 6) is 0.758. The van der Waals surface area contributed by atoms with E-state index in [2.05, 4.69) is 25.2 Å². The Morgan fingerprint density at radius 2 is 2.00 bits per heavy atom. The standard InChI is InChI=1S/C13H17BrClO3P.Li.H/c1-4-5-9(19)11(16)10-12(17-2)7(14)6-8(15)13(10)18-3;;/h6,9H,4-5,19H2,1-3H3;;/q;+1;-1. The van der Waals surface area contributed by atoms with Crippen molar-refractivity contribution in [2.45, 2.75) is 25.4 Å². The van der Waals surface area contributed by atoms with Crippen LogP contribution in [0.1, 0.15) is 31.6 Å². The molecule has 0 radical (unpaired) electrons. The molecule has 7 heteroatoms. The van der Waals surface area contributed by atoms with Crippen LogP contribution < -0.4 is 28.3 Å². The largest absolute Gasteiger partial charge is 1.00 e. The molecule has 0 bridgehead atoms. The Bertz CT molecular complexity index is 463. The topological polar surface area (TPSA) is 35.5 Å². The molecule has 2 unspecified atom stereocenters. The predicted molar refractivity (Wildman–Crippen MR) is 86.1 cm³/mol. The van der Waals surface area contributed by atoms with Gasteiger partial charge in [0.2, 0.25) is 0 Å². The quantitative estimate of drug-likeness (QED) is 0.429. The summed E-state index contributed by atoms with van der Waals surface area (Å²) in [5.41, 5.74) is 0.205. The second-order valence-corrected chi connectivity index (χ2v) is 6.11. The fraction of sp³-hybridized carbons (Fsp3) is 0.462. The van der Waals surface area contributed by atoms with Gasteiger partial charge >= 0.3 is 18.9 Å². The molecule has 1 aromatic carbocycles. The number of rotatable bonds is 6. The minimum absolute atomic E-state index is 0. The molecule has 0 amide bonds. The molecule has 0 N–H and O–H groups in total. The second-order valence-electron chi connectivity index (χ2n) is 4.04. The van der Waals surface area contributed by atoms with Crippen molar-refractivity contribution in [3.05, 3.63) is 21.1 Å². The molecular weight excluding hydrogens is 357 g/mol. The van der Waals surface area contributed by atoms with E-state index in [0.29, 0.717) is 26.6 Å². The molecular formula is C13H18BrClLiO3P. The van der Waals surface area contributed by atoms with Crippen LogP contribution in [0.3, 0.4) is 0 Å². The van der Waals surface area contributed by atoms with Crippen molar-refractivity contribution in [1.29, 1.82) is 0 Å². The Morgan fingerprint density at radius 3 is 2.45 bits per heavy atom. The van der Waals surface area contributed by atoms with E-state index in [4.69, 9.17) is 21.1 Å². The summed E-state index contributed by atoms with van der Waals surface area (Å²) in [6, 6.07) is 1.66. The van der Waals surface area contributed by atoms with E-state index in [1.165, 1.54) is 14.2 Å². The van der Waals surface area contributed by atoms with Gasteiger partial charge in [-0.1, -0.05) is 24.9 Å². The summed E-state index contributed by atoms with van der Waals surface area (Å²) >= 11 is 9.47. The average Bonchev–Trinajstić information content (AvgIpc) is 2.37. The SMILES string of the molecule is CCCC(P)C(=O)c1c(OC)c(Cl)cc(Br)c1OC.[H-].[Li+]. The van der Waals surface area contributed by atoms with Gasteiger partial charge in [0, 0.05) is 5.66 Å². The van der Waals surface area contributed by atoms with Gasteiger partial charge in [-0.3, -0.25) is 4.79 Å². The number of methoxy groups -OCH3 is 2. The van der Waals surface area contributed by atoms with E-state index < -0.39 is 0 Å². The van der Waals surface area contributed by atoms with Gasteiger partial charge in [0.1, 0.15) is 11.3 Å². The van der Waals surface area contributed by atoms with Gasteiger partial charge < -0.3 is 10.9 Å². The molecule has 0 fully saturated rings. The summed E-state index contributed by atoms with van der Waals surface area (Å²) in [6.45, 7) is 2.03. The van der Waals surface area contributed by atoms with Gasteiger partial charge in [-0.15, -0.1) is 9.24 Å². The summed E-state index contributed by atoms with van der Waals surface area (Å²) in [6.07, 6.45) is 1.70. The Hall–Kier alpha value is 0.287.